The third-order valence-corrected chi connectivity index (χ3v) is 6.62. The van der Waals surface area contributed by atoms with Crippen molar-refractivity contribution in [2.45, 2.75) is 39.3 Å². The fourth-order valence-corrected chi connectivity index (χ4v) is 4.56. The average Bonchev–Trinajstić information content (AvgIpc) is 3.47. The van der Waals surface area contributed by atoms with Crippen LogP contribution in [0.15, 0.2) is 35.9 Å². The summed E-state index contributed by atoms with van der Waals surface area (Å²) in [5.41, 5.74) is 3.49. The molecule has 2 saturated heterocycles. The highest BCUT2D eigenvalue weighted by Crippen LogP contribution is 2.23. The number of hydrogen-bond donors (Lipinski definition) is 1. The van der Waals surface area contributed by atoms with Crippen molar-refractivity contribution in [3.05, 3.63) is 58.7 Å². The van der Waals surface area contributed by atoms with Crippen molar-refractivity contribution >= 4 is 23.7 Å². The Hall–Kier alpha value is -3.64. The Balaban J connectivity index is 1.37. The van der Waals surface area contributed by atoms with E-state index in [9.17, 15) is 19.2 Å². The number of aromatic nitrogens is 1. The molecule has 1 aromatic heterocycles. The van der Waals surface area contributed by atoms with Crippen LogP contribution in [0.4, 0.5) is 14.9 Å². The summed E-state index contributed by atoms with van der Waals surface area (Å²) in [5, 5.41) is 12.4. The Morgan fingerprint density at radius 3 is 2.49 bits per heavy atom. The predicted molar refractivity (Wildman–Crippen MR) is 130 cm³/mol. The fraction of sp³-hybridized carbons (Fsp3) is 0.423. The highest BCUT2D eigenvalue weighted by molar-refractivity contribution is 6.02. The summed E-state index contributed by atoms with van der Waals surface area (Å²) in [7, 11) is 0. The lowest BCUT2D eigenvalue weighted by Gasteiger charge is -2.34. The maximum absolute atomic E-state index is 13.1. The van der Waals surface area contributed by atoms with E-state index < -0.39 is 0 Å². The molecule has 0 spiro atoms. The number of nitrogens with one attached hydrogen (secondary N) is 1. The Labute approximate surface area is 204 Å². The molecule has 1 unspecified atom stereocenters. The minimum absolute atomic E-state index is 0.0755. The largest absolute Gasteiger partial charge is 0.376 e. The minimum Gasteiger partial charge on any atom is -0.376 e. The van der Waals surface area contributed by atoms with Gasteiger partial charge in [-0.15, -0.1) is 0 Å². The Morgan fingerprint density at radius 2 is 1.86 bits per heavy atom. The second kappa shape index (κ2) is 10.7. The van der Waals surface area contributed by atoms with E-state index in [4.69, 9.17) is 4.74 Å². The van der Waals surface area contributed by atoms with E-state index in [1.54, 1.807) is 15.9 Å². The number of urea groups is 1. The summed E-state index contributed by atoms with van der Waals surface area (Å²) in [6.07, 6.45) is 3.97. The van der Waals surface area contributed by atoms with Gasteiger partial charge in [-0.2, -0.15) is 5.26 Å². The maximum Gasteiger partial charge on any atom is 0.321 e. The van der Waals surface area contributed by atoms with Gasteiger partial charge < -0.3 is 24.4 Å². The monoisotopic (exact) mass is 479 g/mol. The number of rotatable bonds is 5. The number of ether oxygens (including phenoxy) is 1. The predicted octanol–water partition coefficient (Wildman–Crippen LogP) is 3.71. The molecule has 0 aliphatic carbocycles. The zero-order chi connectivity index (χ0) is 24.9. The molecule has 1 atom stereocenters. The number of piperazine rings is 1. The second-order valence-electron chi connectivity index (χ2n) is 8.96. The number of carbonyl (C=O) groups excluding carboxylic acids is 2. The molecule has 0 saturated carbocycles. The molecule has 2 aliphatic heterocycles. The third-order valence-electron chi connectivity index (χ3n) is 6.62. The number of hydrogen-bond acceptors (Lipinski definition) is 4. The highest BCUT2D eigenvalue weighted by Gasteiger charge is 2.27. The summed E-state index contributed by atoms with van der Waals surface area (Å²) in [5.74, 6) is -0.712. The van der Waals surface area contributed by atoms with E-state index in [1.165, 1.54) is 24.3 Å². The molecule has 3 amide bonds. The van der Waals surface area contributed by atoms with Crippen LogP contribution in [0.5, 0.6) is 0 Å². The molecule has 35 heavy (non-hydrogen) atoms. The molecule has 2 aromatic rings. The van der Waals surface area contributed by atoms with Crippen LogP contribution in [0.1, 0.15) is 29.8 Å². The molecular formula is C26H30FN5O3. The first-order chi connectivity index (χ1) is 16.9. The van der Waals surface area contributed by atoms with Gasteiger partial charge in [0, 0.05) is 56.4 Å². The van der Waals surface area contributed by atoms with Crippen molar-refractivity contribution in [2.75, 3.05) is 38.1 Å². The fourth-order valence-electron chi connectivity index (χ4n) is 4.56. The van der Waals surface area contributed by atoms with Gasteiger partial charge in [-0.25, -0.2) is 9.18 Å². The van der Waals surface area contributed by atoms with Gasteiger partial charge in [-0.3, -0.25) is 4.79 Å². The second-order valence-corrected chi connectivity index (χ2v) is 8.96. The van der Waals surface area contributed by atoms with E-state index in [-0.39, 0.29) is 29.4 Å². The van der Waals surface area contributed by atoms with Gasteiger partial charge >= 0.3 is 6.03 Å². The number of nitriles is 1. The number of aryl methyl sites for hydroxylation is 1. The molecule has 184 valence electrons. The summed E-state index contributed by atoms with van der Waals surface area (Å²) >= 11 is 0. The van der Waals surface area contributed by atoms with Gasteiger partial charge in [-0.1, -0.05) is 0 Å². The molecule has 4 rings (SSSR count). The first kappa shape index (κ1) is 24.5. The topological polar surface area (TPSA) is 90.6 Å². The molecule has 0 radical (unpaired) electrons. The van der Waals surface area contributed by atoms with Gasteiger partial charge in [0.1, 0.15) is 17.5 Å². The summed E-state index contributed by atoms with van der Waals surface area (Å²) in [6, 6.07) is 9.29. The van der Waals surface area contributed by atoms with Crippen molar-refractivity contribution in [3.63, 3.8) is 0 Å². The van der Waals surface area contributed by atoms with Crippen LogP contribution >= 0.6 is 0 Å². The Bertz CT molecular complexity index is 1150. The lowest BCUT2D eigenvalue weighted by Crippen LogP contribution is -2.51. The van der Waals surface area contributed by atoms with Crippen molar-refractivity contribution in [3.8, 4) is 6.07 Å². The van der Waals surface area contributed by atoms with Crippen LogP contribution in [-0.4, -0.2) is 65.2 Å². The summed E-state index contributed by atoms with van der Waals surface area (Å²) in [6.45, 7) is 6.91. The van der Waals surface area contributed by atoms with Crippen LogP contribution in [0, 0.1) is 31.0 Å². The zero-order valence-corrected chi connectivity index (χ0v) is 20.1. The maximum atomic E-state index is 13.1. The van der Waals surface area contributed by atoms with E-state index in [1.807, 2.05) is 19.9 Å². The van der Waals surface area contributed by atoms with Crippen molar-refractivity contribution in [2.24, 2.45) is 0 Å². The third kappa shape index (κ3) is 5.72. The van der Waals surface area contributed by atoms with Gasteiger partial charge in [0.2, 0.25) is 0 Å². The summed E-state index contributed by atoms with van der Waals surface area (Å²) in [4.78, 5) is 28.8. The first-order valence-corrected chi connectivity index (χ1v) is 11.9. The molecular weight excluding hydrogens is 449 g/mol. The Kier molecular flexibility index (Phi) is 7.51. The number of halogens is 1. The van der Waals surface area contributed by atoms with E-state index >= 15 is 0 Å². The molecule has 9 heteroatoms. The summed E-state index contributed by atoms with van der Waals surface area (Å²) < 4.78 is 21.0. The SMILES string of the molecule is Cc1cc(C=C(C#N)C(=O)N2CCN(C(=O)Nc3ccc(F)cc3)CC2)c(C)n1CC1CCCO1. The van der Waals surface area contributed by atoms with Crippen LogP contribution in [0.25, 0.3) is 6.08 Å². The lowest BCUT2D eigenvalue weighted by molar-refractivity contribution is -0.127. The molecule has 2 aliphatic rings. The van der Waals surface area contributed by atoms with Crippen molar-refractivity contribution in [1.82, 2.24) is 14.4 Å². The average molecular weight is 480 g/mol. The van der Waals surface area contributed by atoms with Crippen LogP contribution in [0.3, 0.4) is 0 Å². The van der Waals surface area contributed by atoms with E-state index in [0.717, 1.165) is 42.9 Å². The van der Waals surface area contributed by atoms with Gasteiger partial charge in [0.05, 0.1) is 6.10 Å². The van der Waals surface area contributed by atoms with Crippen LogP contribution in [-0.2, 0) is 16.1 Å². The van der Waals surface area contributed by atoms with Gasteiger partial charge in [0.15, 0.2) is 0 Å². The quantitative estimate of drug-likeness (QED) is 0.523. The first-order valence-electron chi connectivity index (χ1n) is 11.9. The molecule has 3 heterocycles. The normalized spacial score (nSPS) is 18.5. The number of benzene rings is 1. The molecule has 2 fully saturated rings. The standard InChI is InChI=1S/C26H30FN5O3/c1-18-14-20(19(2)32(18)17-24-4-3-13-35-24)15-21(16-28)25(33)30-9-11-31(12-10-30)26(34)29-23-7-5-22(27)6-8-23/h5-8,14-15,24H,3-4,9-13,17H2,1-2H3,(H,29,34). The molecule has 1 aromatic carbocycles. The lowest BCUT2D eigenvalue weighted by atomic mass is 10.1. The zero-order valence-electron chi connectivity index (χ0n) is 20.1. The highest BCUT2D eigenvalue weighted by atomic mass is 19.1. The number of carbonyl (C=O) groups is 2. The van der Waals surface area contributed by atoms with Gasteiger partial charge in [-0.05, 0) is 68.7 Å². The van der Waals surface area contributed by atoms with Crippen LogP contribution < -0.4 is 5.32 Å². The van der Waals surface area contributed by atoms with Crippen LogP contribution in [0.2, 0.25) is 0 Å². The number of anilines is 1. The Morgan fingerprint density at radius 1 is 1.17 bits per heavy atom. The van der Waals surface area contributed by atoms with E-state index in [0.29, 0.717) is 31.9 Å². The molecule has 8 nitrogen and oxygen atoms in total. The van der Waals surface area contributed by atoms with Gasteiger partial charge in [0.25, 0.3) is 5.91 Å². The van der Waals surface area contributed by atoms with Crippen molar-refractivity contribution < 1.29 is 18.7 Å². The smallest absolute Gasteiger partial charge is 0.321 e. The van der Waals surface area contributed by atoms with Crippen molar-refractivity contribution in [1.29, 1.82) is 5.26 Å². The number of amides is 3. The number of nitrogens with zero attached hydrogens (tertiary/aromatic N) is 4. The molecule has 1 N–H and O–H groups in total. The van der Waals surface area contributed by atoms with E-state index in [2.05, 4.69) is 16.0 Å². The molecule has 0 bridgehead atoms. The minimum atomic E-state index is -0.374.